The molecule has 1 fully saturated rings. The lowest BCUT2D eigenvalue weighted by Crippen LogP contribution is -2.33. The minimum atomic E-state index is -0.478. The van der Waals surface area contributed by atoms with Crippen molar-refractivity contribution in [1.82, 2.24) is 10.2 Å². The third kappa shape index (κ3) is 3.27. The van der Waals surface area contributed by atoms with Crippen molar-refractivity contribution in [3.05, 3.63) is 81.5 Å². The van der Waals surface area contributed by atoms with Crippen LogP contribution in [0.4, 0.5) is 5.69 Å². The maximum atomic E-state index is 12.8. The van der Waals surface area contributed by atoms with Gasteiger partial charge in [-0.25, -0.2) is 0 Å². The van der Waals surface area contributed by atoms with E-state index in [2.05, 4.69) is 5.32 Å². The molecule has 3 rings (SSSR count). The van der Waals surface area contributed by atoms with Crippen molar-refractivity contribution >= 4 is 35.0 Å². The van der Waals surface area contributed by atoms with Crippen LogP contribution in [0.5, 0.6) is 0 Å². The van der Waals surface area contributed by atoms with E-state index < -0.39 is 4.92 Å². The molecule has 1 N–H and O–H groups in total. The summed E-state index contributed by atoms with van der Waals surface area (Å²) in [7, 11) is 0. The van der Waals surface area contributed by atoms with Crippen LogP contribution in [0, 0.1) is 10.1 Å². The fourth-order valence-corrected chi connectivity index (χ4v) is 3.06. The Hall–Kier alpha value is -3.06. The molecule has 0 aliphatic carbocycles. The van der Waals surface area contributed by atoms with Crippen molar-refractivity contribution < 1.29 is 9.72 Å². The number of benzene rings is 2. The molecular weight excluding hydrogens is 338 g/mol. The fourth-order valence-electron chi connectivity index (χ4n) is 2.71. The zero-order valence-electron chi connectivity index (χ0n) is 13.4. The van der Waals surface area contributed by atoms with Crippen molar-refractivity contribution in [2.24, 2.45) is 0 Å². The van der Waals surface area contributed by atoms with Crippen LogP contribution in [-0.2, 0) is 4.79 Å². The third-order valence-electron chi connectivity index (χ3n) is 4.01. The van der Waals surface area contributed by atoms with E-state index in [1.807, 2.05) is 37.3 Å². The van der Waals surface area contributed by atoms with Gasteiger partial charge in [-0.3, -0.25) is 19.8 Å². The van der Waals surface area contributed by atoms with Crippen LogP contribution < -0.4 is 5.32 Å². The molecule has 1 amide bonds. The first-order valence-corrected chi connectivity index (χ1v) is 8.04. The van der Waals surface area contributed by atoms with E-state index in [0.29, 0.717) is 5.56 Å². The van der Waals surface area contributed by atoms with Crippen LogP contribution in [0.3, 0.4) is 0 Å². The Bertz CT molecular complexity index is 880. The molecule has 0 bridgehead atoms. The van der Waals surface area contributed by atoms with E-state index in [1.54, 1.807) is 18.2 Å². The van der Waals surface area contributed by atoms with Gasteiger partial charge in [-0.2, -0.15) is 0 Å². The molecule has 1 heterocycles. The Labute approximate surface area is 149 Å². The molecular formula is C18H15N3O3S. The summed E-state index contributed by atoms with van der Waals surface area (Å²) >= 11 is 5.29. The van der Waals surface area contributed by atoms with E-state index in [9.17, 15) is 14.9 Å². The van der Waals surface area contributed by atoms with E-state index in [4.69, 9.17) is 12.2 Å². The summed E-state index contributed by atoms with van der Waals surface area (Å²) in [5.41, 5.74) is 1.46. The zero-order chi connectivity index (χ0) is 18.0. The SMILES string of the molecule is CC(c1ccccc1)N1C(=O)/C(=C/c2ccccc2[N+](=O)[O-])NC1=S. The summed E-state index contributed by atoms with van der Waals surface area (Å²) in [6, 6.07) is 15.5. The van der Waals surface area contributed by atoms with Gasteiger partial charge in [0.1, 0.15) is 5.70 Å². The molecule has 2 aromatic carbocycles. The second-order valence-electron chi connectivity index (χ2n) is 5.57. The molecule has 2 aromatic rings. The van der Waals surface area contributed by atoms with Gasteiger partial charge in [0.05, 0.1) is 16.5 Å². The van der Waals surface area contributed by atoms with Crippen LogP contribution in [0.1, 0.15) is 24.1 Å². The highest BCUT2D eigenvalue weighted by molar-refractivity contribution is 7.80. The summed E-state index contributed by atoms with van der Waals surface area (Å²) in [5, 5.41) is 14.3. The zero-order valence-corrected chi connectivity index (χ0v) is 14.2. The van der Waals surface area contributed by atoms with E-state index in [0.717, 1.165) is 5.56 Å². The van der Waals surface area contributed by atoms with Crippen molar-refractivity contribution in [2.45, 2.75) is 13.0 Å². The molecule has 0 radical (unpaired) electrons. The average Bonchev–Trinajstić information content (AvgIpc) is 2.89. The summed E-state index contributed by atoms with van der Waals surface area (Å²) in [4.78, 5) is 24.9. The third-order valence-corrected chi connectivity index (χ3v) is 4.31. The molecule has 25 heavy (non-hydrogen) atoms. The number of nitrogens with zero attached hydrogens (tertiary/aromatic N) is 2. The Morgan fingerprint density at radius 1 is 1.16 bits per heavy atom. The van der Waals surface area contributed by atoms with Crippen LogP contribution in [0.15, 0.2) is 60.3 Å². The predicted octanol–water partition coefficient (Wildman–Crippen LogP) is 3.41. The van der Waals surface area contributed by atoms with Gasteiger partial charge in [0.25, 0.3) is 11.6 Å². The molecule has 7 heteroatoms. The smallest absolute Gasteiger partial charge is 0.277 e. The van der Waals surface area contributed by atoms with Crippen LogP contribution in [0.25, 0.3) is 6.08 Å². The maximum absolute atomic E-state index is 12.8. The number of rotatable bonds is 4. The number of nitro benzene ring substituents is 1. The number of carbonyl (C=O) groups is 1. The number of nitro groups is 1. The van der Waals surface area contributed by atoms with E-state index in [1.165, 1.54) is 17.0 Å². The Kier molecular flexibility index (Phi) is 4.58. The maximum Gasteiger partial charge on any atom is 0.277 e. The topological polar surface area (TPSA) is 75.5 Å². The van der Waals surface area contributed by atoms with Gasteiger partial charge in [0.2, 0.25) is 0 Å². The molecule has 1 atom stereocenters. The number of hydrogen-bond acceptors (Lipinski definition) is 4. The van der Waals surface area contributed by atoms with Crippen molar-refractivity contribution in [2.75, 3.05) is 0 Å². The van der Waals surface area contributed by atoms with Gasteiger partial charge in [-0.05, 0) is 36.8 Å². The molecule has 0 aromatic heterocycles. The Morgan fingerprint density at radius 3 is 2.48 bits per heavy atom. The molecule has 1 aliphatic heterocycles. The van der Waals surface area contributed by atoms with E-state index in [-0.39, 0.29) is 28.4 Å². The number of thiocarbonyl (C=S) groups is 1. The van der Waals surface area contributed by atoms with Gasteiger partial charge in [-0.15, -0.1) is 0 Å². The first-order valence-electron chi connectivity index (χ1n) is 7.63. The lowest BCUT2D eigenvalue weighted by Gasteiger charge is -2.23. The molecule has 1 unspecified atom stereocenters. The highest BCUT2D eigenvalue weighted by atomic mass is 32.1. The number of nitrogens with one attached hydrogen (secondary N) is 1. The first kappa shape index (κ1) is 16.8. The van der Waals surface area contributed by atoms with Gasteiger partial charge >= 0.3 is 0 Å². The predicted molar refractivity (Wildman–Crippen MR) is 98.5 cm³/mol. The van der Waals surface area contributed by atoms with Crippen LogP contribution in [-0.4, -0.2) is 20.8 Å². The summed E-state index contributed by atoms with van der Waals surface area (Å²) in [5.74, 6) is -0.306. The first-order chi connectivity index (χ1) is 12.0. The summed E-state index contributed by atoms with van der Waals surface area (Å²) in [6.07, 6.45) is 1.46. The minimum absolute atomic E-state index is 0.0647. The lowest BCUT2D eigenvalue weighted by molar-refractivity contribution is -0.385. The summed E-state index contributed by atoms with van der Waals surface area (Å²) < 4.78 is 0. The van der Waals surface area contributed by atoms with Crippen LogP contribution in [0.2, 0.25) is 0 Å². The van der Waals surface area contributed by atoms with E-state index >= 15 is 0 Å². The monoisotopic (exact) mass is 353 g/mol. The second-order valence-corrected chi connectivity index (χ2v) is 5.95. The number of amides is 1. The molecule has 1 saturated heterocycles. The molecule has 0 saturated carbocycles. The average molecular weight is 353 g/mol. The minimum Gasteiger partial charge on any atom is -0.328 e. The number of hydrogen-bond donors (Lipinski definition) is 1. The molecule has 6 nitrogen and oxygen atoms in total. The largest absolute Gasteiger partial charge is 0.328 e. The lowest BCUT2D eigenvalue weighted by atomic mass is 10.1. The normalized spacial score (nSPS) is 16.8. The highest BCUT2D eigenvalue weighted by Crippen LogP contribution is 2.27. The Balaban J connectivity index is 1.93. The quantitative estimate of drug-likeness (QED) is 0.394. The number of para-hydroxylation sites is 1. The van der Waals surface area contributed by atoms with Crippen molar-refractivity contribution in [3.63, 3.8) is 0 Å². The van der Waals surface area contributed by atoms with Gasteiger partial charge in [0, 0.05) is 6.07 Å². The number of carbonyl (C=O) groups excluding carboxylic acids is 1. The fraction of sp³-hybridized carbons (Fsp3) is 0.111. The van der Waals surface area contributed by atoms with Gasteiger partial charge in [-0.1, -0.05) is 42.5 Å². The second kappa shape index (κ2) is 6.82. The van der Waals surface area contributed by atoms with Gasteiger partial charge in [0.15, 0.2) is 5.11 Å². The van der Waals surface area contributed by atoms with Gasteiger partial charge < -0.3 is 5.32 Å². The van der Waals surface area contributed by atoms with Crippen molar-refractivity contribution in [3.8, 4) is 0 Å². The standard InChI is InChI=1S/C18H15N3O3S/c1-12(13-7-3-2-4-8-13)20-17(22)15(19-18(20)25)11-14-9-5-6-10-16(14)21(23)24/h2-12H,1H3,(H,19,25)/b15-11-. The molecule has 126 valence electrons. The van der Waals surface area contributed by atoms with Crippen LogP contribution >= 0.6 is 12.2 Å². The molecule has 0 spiro atoms. The molecule has 1 aliphatic rings. The summed E-state index contributed by atoms with van der Waals surface area (Å²) in [6.45, 7) is 1.88. The van der Waals surface area contributed by atoms with Crippen molar-refractivity contribution in [1.29, 1.82) is 0 Å². The highest BCUT2D eigenvalue weighted by Gasteiger charge is 2.35. The Morgan fingerprint density at radius 2 is 1.80 bits per heavy atom.